The number of benzene rings is 1. The second kappa shape index (κ2) is 3.33. The molecule has 1 N–H and O–H groups in total. The molecule has 0 saturated heterocycles. The van der Waals surface area contributed by atoms with E-state index in [-0.39, 0.29) is 4.90 Å². The number of halogens is 1. The Hall–Kier alpha value is -0.740. The van der Waals surface area contributed by atoms with Crippen LogP contribution in [0.2, 0.25) is 0 Å². The number of sulfone groups is 1. The fourth-order valence-electron chi connectivity index (χ4n) is 0.765. The van der Waals surface area contributed by atoms with Crippen LogP contribution in [0.5, 0.6) is 0 Å². The third kappa shape index (κ3) is 2.12. The molecule has 1 rings (SSSR count). The van der Waals surface area contributed by atoms with Crippen LogP contribution >= 0.6 is 11.8 Å². The Morgan fingerprint density at radius 2 is 1.75 bits per heavy atom. The van der Waals surface area contributed by atoms with Gasteiger partial charge in [-0.25, -0.2) is 8.42 Å². The van der Waals surface area contributed by atoms with Crippen molar-refractivity contribution in [2.24, 2.45) is 0 Å². The Labute approximate surface area is 76.4 Å². The first-order valence-corrected chi connectivity index (χ1v) is 5.48. The van der Waals surface area contributed by atoms with Gasteiger partial charge in [0.1, 0.15) is 0 Å². The van der Waals surface area contributed by atoms with Gasteiger partial charge in [0, 0.05) is 23.7 Å². The highest BCUT2D eigenvalue weighted by Crippen LogP contribution is 2.13. The van der Waals surface area contributed by atoms with Gasteiger partial charge in [0.15, 0.2) is 9.84 Å². The van der Waals surface area contributed by atoms with Crippen molar-refractivity contribution in [2.75, 3.05) is 11.1 Å². The quantitative estimate of drug-likeness (QED) is 0.747. The standard InChI is InChI=1S/C7H8ClNO2S/c1-12(10,11)7-4-2-6(9-8)3-5-7/h2-5,9H,1H3. The molecule has 66 valence electrons. The molecule has 0 aliphatic carbocycles. The maximum absolute atomic E-state index is 11.0. The second-order valence-corrected chi connectivity index (χ2v) is 4.60. The van der Waals surface area contributed by atoms with Crippen LogP contribution in [0.25, 0.3) is 0 Å². The summed E-state index contributed by atoms with van der Waals surface area (Å²) in [4.78, 5) is 2.67. The van der Waals surface area contributed by atoms with Gasteiger partial charge in [0.25, 0.3) is 0 Å². The number of anilines is 1. The van der Waals surface area contributed by atoms with E-state index in [9.17, 15) is 8.42 Å². The van der Waals surface area contributed by atoms with Crippen LogP contribution in [0.15, 0.2) is 29.2 Å². The average molecular weight is 206 g/mol. The highest BCUT2D eigenvalue weighted by Gasteiger charge is 2.05. The van der Waals surface area contributed by atoms with Crippen LogP contribution in [0, 0.1) is 0 Å². The lowest BCUT2D eigenvalue weighted by molar-refractivity contribution is 0.602. The van der Waals surface area contributed by atoms with Crippen molar-refractivity contribution in [1.82, 2.24) is 0 Å². The first-order chi connectivity index (χ1) is 5.54. The van der Waals surface area contributed by atoms with Crippen molar-refractivity contribution in [3.8, 4) is 0 Å². The van der Waals surface area contributed by atoms with Crippen LogP contribution in [0.1, 0.15) is 0 Å². The summed E-state index contributed by atoms with van der Waals surface area (Å²) in [7, 11) is -3.10. The molecule has 0 aliphatic rings. The van der Waals surface area contributed by atoms with Gasteiger partial charge in [0.2, 0.25) is 0 Å². The first kappa shape index (κ1) is 9.35. The largest absolute Gasteiger partial charge is 0.299 e. The van der Waals surface area contributed by atoms with Crippen LogP contribution in [-0.4, -0.2) is 14.7 Å². The lowest BCUT2D eigenvalue weighted by atomic mass is 10.3. The summed E-state index contributed by atoms with van der Waals surface area (Å²) in [5.41, 5.74) is 0.670. The van der Waals surface area contributed by atoms with E-state index in [1.165, 1.54) is 12.1 Å². The molecule has 0 saturated carbocycles. The Bertz CT molecular complexity index is 357. The molecule has 0 fully saturated rings. The van der Waals surface area contributed by atoms with E-state index in [2.05, 4.69) is 4.84 Å². The molecule has 0 radical (unpaired) electrons. The third-order valence-electron chi connectivity index (χ3n) is 1.39. The SMILES string of the molecule is CS(=O)(=O)c1ccc(NCl)cc1. The van der Waals surface area contributed by atoms with Gasteiger partial charge >= 0.3 is 0 Å². The van der Waals surface area contributed by atoms with E-state index in [0.29, 0.717) is 5.69 Å². The van der Waals surface area contributed by atoms with E-state index in [1.807, 2.05) is 0 Å². The fraction of sp³-hybridized carbons (Fsp3) is 0.143. The highest BCUT2D eigenvalue weighted by atomic mass is 35.5. The summed E-state index contributed by atoms with van der Waals surface area (Å²) in [5, 5.41) is 0. The Balaban J connectivity index is 3.09. The maximum Gasteiger partial charge on any atom is 0.175 e. The van der Waals surface area contributed by atoms with E-state index in [4.69, 9.17) is 11.8 Å². The third-order valence-corrected chi connectivity index (χ3v) is 2.74. The lowest BCUT2D eigenvalue weighted by Crippen LogP contribution is -1.96. The number of nitrogens with one attached hydrogen (secondary N) is 1. The molecule has 12 heavy (non-hydrogen) atoms. The summed E-state index contributed by atoms with van der Waals surface area (Å²) in [5.74, 6) is 0. The summed E-state index contributed by atoms with van der Waals surface area (Å²) in [6.07, 6.45) is 1.16. The zero-order valence-corrected chi connectivity index (χ0v) is 7.98. The van der Waals surface area contributed by atoms with Crippen molar-refractivity contribution in [3.63, 3.8) is 0 Å². The van der Waals surface area contributed by atoms with Crippen molar-refractivity contribution < 1.29 is 8.42 Å². The van der Waals surface area contributed by atoms with Gasteiger partial charge < -0.3 is 0 Å². The first-order valence-electron chi connectivity index (χ1n) is 3.21. The van der Waals surface area contributed by atoms with Gasteiger partial charge in [-0.05, 0) is 24.3 Å². The van der Waals surface area contributed by atoms with Crippen molar-refractivity contribution in [3.05, 3.63) is 24.3 Å². The zero-order chi connectivity index (χ0) is 9.19. The smallest absolute Gasteiger partial charge is 0.175 e. The molecular weight excluding hydrogens is 198 g/mol. The summed E-state index contributed by atoms with van der Waals surface area (Å²) >= 11 is 5.29. The predicted molar refractivity (Wildman–Crippen MR) is 49.0 cm³/mol. The highest BCUT2D eigenvalue weighted by molar-refractivity contribution is 7.90. The molecular formula is C7H8ClNO2S. The van der Waals surface area contributed by atoms with E-state index in [0.717, 1.165) is 6.26 Å². The average Bonchev–Trinajstić information content (AvgIpc) is 2.03. The Morgan fingerprint density at radius 1 is 1.25 bits per heavy atom. The lowest BCUT2D eigenvalue weighted by Gasteiger charge is -1.99. The van der Waals surface area contributed by atoms with Crippen LogP contribution in [-0.2, 0) is 9.84 Å². The predicted octanol–water partition coefficient (Wildman–Crippen LogP) is 1.66. The molecule has 3 nitrogen and oxygen atoms in total. The summed E-state index contributed by atoms with van der Waals surface area (Å²) < 4.78 is 22.0. The molecule has 1 aromatic rings. The summed E-state index contributed by atoms with van der Waals surface area (Å²) in [6, 6.07) is 6.20. The van der Waals surface area contributed by atoms with E-state index < -0.39 is 9.84 Å². The Morgan fingerprint density at radius 3 is 2.08 bits per heavy atom. The minimum absolute atomic E-state index is 0.290. The Kier molecular flexibility index (Phi) is 2.59. The molecule has 0 amide bonds. The zero-order valence-electron chi connectivity index (χ0n) is 6.41. The molecule has 0 bridgehead atoms. The molecule has 0 unspecified atom stereocenters. The molecule has 0 heterocycles. The second-order valence-electron chi connectivity index (χ2n) is 2.39. The van der Waals surface area contributed by atoms with Crippen LogP contribution < -0.4 is 4.84 Å². The van der Waals surface area contributed by atoms with Gasteiger partial charge in [-0.15, -0.1) is 0 Å². The molecule has 1 aromatic carbocycles. The topological polar surface area (TPSA) is 46.2 Å². The van der Waals surface area contributed by atoms with Crippen LogP contribution in [0.3, 0.4) is 0 Å². The fourth-order valence-corrected chi connectivity index (χ4v) is 1.52. The van der Waals surface area contributed by atoms with E-state index in [1.54, 1.807) is 12.1 Å². The van der Waals surface area contributed by atoms with E-state index >= 15 is 0 Å². The van der Waals surface area contributed by atoms with Gasteiger partial charge in [0.05, 0.1) is 4.90 Å². The van der Waals surface area contributed by atoms with Crippen molar-refractivity contribution in [2.45, 2.75) is 4.90 Å². The number of hydrogen-bond donors (Lipinski definition) is 1. The normalized spacial score (nSPS) is 11.2. The van der Waals surface area contributed by atoms with Gasteiger partial charge in [-0.2, -0.15) is 0 Å². The number of rotatable bonds is 2. The van der Waals surface area contributed by atoms with Gasteiger partial charge in [-0.3, -0.25) is 4.84 Å². The summed E-state index contributed by atoms with van der Waals surface area (Å²) in [6.45, 7) is 0. The van der Waals surface area contributed by atoms with Gasteiger partial charge in [-0.1, -0.05) is 0 Å². The molecule has 0 atom stereocenters. The van der Waals surface area contributed by atoms with Crippen molar-refractivity contribution in [1.29, 1.82) is 0 Å². The number of hydrogen-bond acceptors (Lipinski definition) is 3. The van der Waals surface area contributed by atoms with Crippen LogP contribution in [0.4, 0.5) is 5.69 Å². The molecule has 0 spiro atoms. The maximum atomic E-state index is 11.0. The van der Waals surface area contributed by atoms with Crippen molar-refractivity contribution >= 4 is 27.3 Å². The molecule has 0 aliphatic heterocycles. The minimum atomic E-state index is -3.10. The molecule has 5 heteroatoms. The minimum Gasteiger partial charge on any atom is -0.299 e. The molecule has 0 aromatic heterocycles. The monoisotopic (exact) mass is 205 g/mol.